The van der Waals surface area contributed by atoms with Crippen molar-refractivity contribution < 1.29 is 19.4 Å². The van der Waals surface area contributed by atoms with Gasteiger partial charge in [0.15, 0.2) is 0 Å². The van der Waals surface area contributed by atoms with Crippen molar-refractivity contribution in [2.45, 2.75) is 63.5 Å². The van der Waals surface area contributed by atoms with Gasteiger partial charge in [-0.3, -0.25) is 9.69 Å². The molecule has 0 bridgehead atoms. The van der Waals surface area contributed by atoms with Crippen molar-refractivity contribution in [3.05, 3.63) is 28.8 Å². The Bertz CT molecular complexity index is 868. The van der Waals surface area contributed by atoms with Gasteiger partial charge in [-0.15, -0.1) is 0 Å². The first-order valence-corrected chi connectivity index (χ1v) is 11.9. The van der Waals surface area contributed by atoms with Crippen LogP contribution in [-0.2, 0) is 14.9 Å². The normalized spacial score (nSPS) is 22.3. The molecule has 1 atom stereocenters. The van der Waals surface area contributed by atoms with Gasteiger partial charge < -0.3 is 20.1 Å². The second kappa shape index (κ2) is 8.75. The molecular weight excluding hydrogens is 430 g/mol. The quantitative estimate of drug-likeness (QED) is 0.699. The number of amides is 1. The second-order valence-electron chi connectivity index (χ2n) is 10.4. The van der Waals surface area contributed by atoms with Gasteiger partial charge >= 0.3 is 12.1 Å². The van der Waals surface area contributed by atoms with Crippen LogP contribution >= 0.6 is 11.6 Å². The summed E-state index contributed by atoms with van der Waals surface area (Å²) in [6.45, 7) is 9.04. The zero-order valence-electron chi connectivity index (χ0n) is 19.2. The number of hydrogen-bond acceptors (Lipinski definition) is 5. The number of likely N-dealkylation sites (tertiary alicyclic amines) is 2. The highest BCUT2D eigenvalue weighted by Crippen LogP contribution is 2.45. The van der Waals surface area contributed by atoms with Crippen molar-refractivity contribution in [3.63, 3.8) is 0 Å². The fourth-order valence-electron chi connectivity index (χ4n) is 5.54. The molecule has 0 saturated carbocycles. The van der Waals surface area contributed by atoms with Gasteiger partial charge in [0, 0.05) is 35.8 Å². The minimum Gasteiger partial charge on any atom is -0.480 e. The summed E-state index contributed by atoms with van der Waals surface area (Å²) in [7, 11) is 0. The van der Waals surface area contributed by atoms with Gasteiger partial charge in [0.2, 0.25) is 0 Å². The number of benzene rings is 1. The second-order valence-corrected chi connectivity index (χ2v) is 10.9. The number of aliphatic carboxylic acids is 1. The molecule has 4 rings (SSSR count). The largest absolute Gasteiger partial charge is 0.480 e. The summed E-state index contributed by atoms with van der Waals surface area (Å²) in [6, 6.07) is 5.54. The van der Waals surface area contributed by atoms with Crippen LogP contribution < -0.4 is 5.32 Å². The molecular formula is C24H34ClN3O4. The lowest BCUT2D eigenvalue weighted by Gasteiger charge is -2.45. The molecule has 1 aromatic rings. The minimum absolute atomic E-state index is 0.0352. The molecule has 176 valence electrons. The Balaban J connectivity index is 1.37. The van der Waals surface area contributed by atoms with Crippen LogP contribution in [0.4, 0.5) is 10.5 Å². The lowest BCUT2D eigenvalue weighted by molar-refractivity contribution is -0.147. The maximum atomic E-state index is 12.4. The number of ether oxygens (including phenoxy) is 1. The van der Waals surface area contributed by atoms with Gasteiger partial charge in [-0.1, -0.05) is 17.7 Å². The number of carbonyl (C=O) groups excluding carboxylic acids is 1. The highest BCUT2D eigenvalue weighted by atomic mass is 35.5. The Kier molecular flexibility index (Phi) is 6.34. The summed E-state index contributed by atoms with van der Waals surface area (Å²) in [4.78, 5) is 28.5. The zero-order chi connectivity index (χ0) is 23.1. The molecule has 1 aromatic carbocycles. The first-order chi connectivity index (χ1) is 15.1. The average molecular weight is 464 g/mol. The lowest BCUT2D eigenvalue weighted by atomic mass is 9.73. The minimum atomic E-state index is -0.756. The number of anilines is 1. The predicted molar refractivity (Wildman–Crippen MR) is 124 cm³/mol. The van der Waals surface area contributed by atoms with Crippen molar-refractivity contribution in [3.8, 4) is 0 Å². The number of nitrogens with zero attached hydrogens (tertiary/aromatic N) is 2. The van der Waals surface area contributed by atoms with Crippen molar-refractivity contribution >= 4 is 29.4 Å². The van der Waals surface area contributed by atoms with Crippen LogP contribution in [0.1, 0.15) is 52.0 Å². The molecule has 8 heteroatoms. The van der Waals surface area contributed by atoms with E-state index in [4.69, 9.17) is 16.3 Å². The standard InChI is InChI=1S/C24H34ClN3O4/c1-23(2,3)32-22(31)28-10-6-16(7-11-28)20(21(29)30)27-12-8-24(9-13-27)15-26-19-14-17(25)4-5-18(19)24/h4-5,14,16,20,26H,6-13,15H2,1-3H3,(H,29,30)/t20-/m1/s1. The van der Waals surface area contributed by atoms with Gasteiger partial charge in [-0.25, -0.2) is 4.79 Å². The van der Waals surface area contributed by atoms with E-state index in [-0.39, 0.29) is 17.4 Å². The van der Waals surface area contributed by atoms with Crippen molar-refractivity contribution in [2.24, 2.45) is 5.92 Å². The summed E-state index contributed by atoms with van der Waals surface area (Å²) >= 11 is 6.15. The zero-order valence-corrected chi connectivity index (χ0v) is 20.0. The van der Waals surface area contributed by atoms with Crippen LogP contribution in [0.2, 0.25) is 5.02 Å². The van der Waals surface area contributed by atoms with E-state index in [1.165, 1.54) is 5.56 Å². The van der Waals surface area contributed by atoms with Gasteiger partial charge in [0.25, 0.3) is 0 Å². The Morgan fingerprint density at radius 1 is 1.19 bits per heavy atom. The van der Waals surface area contributed by atoms with Crippen LogP contribution in [0.25, 0.3) is 0 Å². The molecule has 2 saturated heterocycles. The van der Waals surface area contributed by atoms with Crippen LogP contribution in [0, 0.1) is 5.92 Å². The van der Waals surface area contributed by atoms with Gasteiger partial charge in [0.1, 0.15) is 11.6 Å². The number of hydrogen-bond donors (Lipinski definition) is 2. The Morgan fingerprint density at radius 3 is 2.44 bits per heavy atom. The molecule has 2 fully saturated rings. The number of nitrogens with one attached hydrogen (secondary N) is 1. The molecule has 7 nitrogen and oxygen atoms in total. The molecule has 3 aliphatic heterocycles. The highest BCUT2D eigenvalue weighted by molar-refractivity contribution is 6.30. The number of rotatable bonds is 3. The summed E-state index contributed by atoms with van der Waals surface area (Å²) in [6.07, 6.45) is 2.90. The van der Waals surface area contributed by atoms with E-state index in [9.17, 15) is 14.7 Å². The maximum absolute atomic E-state index is 12.4. The van der Waals surface area contributed by atoms with Crippen molar-refractivity contribution in [2.75, 3.05) is 38.0 Å². The average Bonchev–Trinajstić information content (AvgIpc) is 3.06. The summed E-state index contributed by atoms with van der Waals surface area (Å²) < 4.78 is 5.47. The Labute approximate surface area is 195 Å². The first-order valence-electron chi connectivity index (χ1n) is 11.6. The fraction of sp³-hybridized carbons (Fsp3) is 0.667. The van der Waals surface area contributed by atoms with E-state index in [1.807, 2.05) is 32.9 Å². The van der Waals surface area contributed by atoms with Gasteiger partial charge in [0.05, 0.1) is 0 Å². The SMILES string of the molecule is CC(C)(C)OC(=O)N1CCC([C@H](C(=O)O)N2CCC3(CC2)CNc2cc(Cl)ccc23)CC1. The van der Waals surface area contributed by atoms with Gasteiger partial charge in [-0.05, 0) is 83.2 Å². The lowest BCUT2D eigenvalue weighted by Crippen LogP contribution is -2.55. The number of piperidine rings is 2. The van der Waals surface area contributed by atoms with Crippen molar-refractivity contribution in [1.29, 1.82) is 0 Å². The molecule has 2 N–H and O–H groups in total. The highest BCUT2D eigenvalue weighted by Gasteiger charge is 2.45. The smallest absolute Gasteiger partial charge is 0.410 e. The third-order valence-electron chi connectivity index (χ3n) is 7.21. The van der Waals surface area contributed by atoms with E-state index >= 15 is 0 Å². The Morgan fingerprint density at radius 2 is 1.84 bits per heavy atom. The number of carboxylic acid groups (broad SMARTS) is 1. The monoisotopic (exact) mass is 463 g/mol. The molecule has 1 amide bonds. The van der Waals surface area contributed by atoms with Crippen LogP contribution in [0.3, 0.4) is 0 Å². The predicted octanol–water partition coefficient (Wildman–Crippen LogP) is 4.20. The number of carbonyl (C=O) groups is 2. The molecule has 0 aliphatic carbocycles. The molecule has 1 spiro atoms. The van der Waals surface area contributed by atoms with Crippen LogP contribution in [0.5, 0.6) is 0 Å². The molecule has 3 aliphatic rings. The summed E-state index contributed by atoms with van der Waals surface area (Å²) in [5.74, 6) is -0.721. The molecule has 3 heterocycles. The Hall–Kier alpha value is -1.99. The molecule has 32 heavy (non-hydrogen) atoms. The third kappa shape index (κ3) is 4.69. The molecule has 0 radical (unpaired) electrons. The van der Waals surface area contributed by atoms with E-state index in [0.717, 1.165) is 43.2 Å². The summed E-state index contributed by atoms with van der Waals surface area (Å²) in [5, 5.41) is 14.3. The van der Waals surface area contributed by atoms with E-state index in [2.05, 4.69) is 16.3 Å². The number of halogens is 1. The van der Waals surface area contributed by atoms with E-state index in [1.54, 1.807) is 4.90 Å². The third-order valence-corrected chi connectivity index (χ3v) is 7.44. The van der Waals surface area contributed by atoms with Crippen LogP contribution in [-0.4, -0.2) is 71.3 Å². The summed E-state index contributed by atoms with van der Waals surface area (Å²) in [5.41, 5.74) is 1.94. The van der Waals surface area contributed by atoms with Gasteiger partial charge in [-0.2, -0.15) is 0 Å². The first kappa shape index (κ1) is 23.2. The molecule has 0 aromatic heterocycles. The van der Waals surface area contributed by atoms with E-state index < -0.39 is 17.6 Å². The maximum Gasteiger partial charge on any atom is 0.410 e. The fourth-order valence-corrected chi connectivity index (χ4v) is 5.71. The topological polar surface area (TPSA) is 82.1 Å². The number of carboxylic acids is 1. The van der Waals surface area contributed by atoms with E-state index in [0.29, 0.717) is 25.9 Å². The van der Waals surface area contributed by atoms with Crippen LogP contribution in [0.15, 0.2) is 18.2 Å². The number of fused-ring (bicyclic) bond motifs is 2. The molecule has 0 unspecified atom stereocenters. The van der Waals surface area contributed by atoms with Crippen molar-refractivity contribution in [1.82, 2.24) is 9.80 Å².